The molecule has 4 N–H and O–H groups in total. The van der Waals surface area contributed by atoms with Crippen LogP contribution in [0.4, 0.5) is 0 Å². The first-order valence-corrected chi connectivity index (χ1v) is 24.1. The number of rotatable bonds is 12. The zero-order valence-electron chi connectivity index (χ0n) is 41.0. The van der Waals surface area contributed by atoms with Gasteiger partial charge in [-0.05, 0) is 138 Å². The Bertz CT molecular complexity index is 2760. The molecule has 6 aromatic heterocycles. The van der Waals surface area contributed by atoms with Crippen molar-refractivity contribution >= 4 is 33.5 Å². The van der Waals surface area contributed by atoms with Crippen LogP contribution in [0.2, 0.25) is 0 Å². The third-order valence-corrected chi connectivity index (χ3v) is 14.9. The lowest BCUT2D eigenvalue weighted by Gasteiger charge is -2.27. The molecule has 2 aliphatic carbocycles. The summed E-state index contributed by atoms with van der Waals surface area (Å²) in [5.41, 5.74) is 20.1. The second-order valence-electron chi connectivity index (χ2n) is 20.7. The highest BCUT2D eigenvalue weighted by molar-refractivity contribution is 5.93. The highest BCUT2D eigenvalue weighted by Gasteiger charge is 2.42. The van der Waals surface area contributed by atoms with Crippen molar-refractivity contribution in [3.63, 3.8) is 0 Å². The molecule has 2 aliphatic heterocycles. The third-order valence-electron chi connectivity index (χ3n) is 14.9. The van der Waals surface area contributed by atoms with E-state index in [4.69, 9.17) is 50.4 Å². The summed E-state index contributed by atoms with van der Waals surface area (Å²) in [5.74, 6) is 0.691. The number of fused-ring (bicyclic) bond motifs is 4. The van der Waals surface area contributed by atoms with Crippen molar-refractivity contribution in [2.75, 3.05) is 0 Å². The molecule has 356 valence electrons. The van der Waals surface area contributed by atoms with E-state index in [1.54, 1.807) is 0 Å². The summed E-state index contributed by atoms with van der Waals surface area (Å²) >= 11 is 0. The molecule has 0 amide bonds. The van der Waals surface area contributed by atoms with Crippen LogP contribution in [-0.2, 0) is 33.4 Å². The van der Waals surface area contributed by atoms with Crippen molar-refractivity contribution in [3.05, 3.63) is 118 Å². The number of esters is 2. The van der Waals surface area contributed by atoms with Crippen LogP contribution in [0.5, 0.6) is 11.8 Å². The summed E-state index contributed by atoms with van der Waals surface area (Å²) in [6.07, 6.45) is 13.8. The standard InChI is InChI=1S/2C27H32N4O3/c2*1-6-27(5,28)22-14-30-24(34-26(4)9-10-26)21-13-29-18(12-20(21)22)11-17-7-8-19-23(31-17)15(2)16(3)33-25(19)32/h2*7-8,12-16H,6,9-11,28H2,1-5H3/t15-,16-,27+;15-,16-,27-/m00/s1. The Labute approximate surface area is 398 Å². The number of carbonyl (C=O) groups excluding carboxylic acids is 2. The van der Waals surface area contributed by atoms with Gasteiger partial charge in [-0.15, -0.1) is 0 Å². The second kappa shape index (κ2) is 17.4. The largest absolute Gasteiger partial charge is 0.471 e. The molecule has 6 aromatic rings. The third kappa shape index (κ3) is 9.24. The molecule has 0 saturated heterocycles. The van der Waals surface area contributed by atoms with Gasteiger partial charge in [0, 0.05) is 83.3 Å². The summed E-state index contributed by atoms with van der Waals surface area (Å²) < 4.78 is 23.3. The lowest BCUT2D eigenvalue weighted by molar-refractivity contribution is 0.0225. The van der Waals surface area contributed by atoms with Crippen molar-refractivity contribution in [3.8, 4) is 11.8 Å². The predicted octanol–water partition coefficient (Wildman–Crippen LogP) is 9.59. The van der Waals surface area contributed by atoms with Gasteiger partial charge in [0.15, 0.2) is 0 Å². The number of pyridine rings is 6. The summed E-state index contributed by atoms with van der Waals surface area (Å²) in [6.45, 7) is 20.3. The highest BCUT2D eigenvalue weighted by Crippen LogP contribution is 2.44. The van der Waals surface area contributed by atoms with E-state index in [1.807, 2.05) is 90.6 Å². The zero-order chi connectivity index (χ0) is 48.5. The maximum atomic E-state index is 12.2. The monoisotopic (exact) mass is 920 g/mol. The maximum absolute atomic E-state index is 12.2. The van der Waals surface area contributed by atoms with Gasteiger partial charge in [0.2, 0.25) is 11.8 Å². The lowest BCUT2D eigenvalue weighted by Crippen LogP contribution is -2.32. The first-order chi connectivity index (χ1) is 32.2. The Morgan fingerprint density at radius 3 is 1.32 bits per heavy atom. The molecule has 2 saturated carbocycles. The highest BCUT2D eigenvalue weighted by atomic mass is 16.5. The Kier molecular flexibility index (Phi) is 12.0. The van der Waals surface area contributed by atoms with Crippen LogP contribution in [0.15, 0.2) is 61.2 Å². The normalized spacial score (nSPS) is 22.6. The van der Waals surface area contributed by atoms with Gasteiger partial charge in [-0.3, -0.25) is 19.9 Å². The van der Waals surface area contributed by atoms with E-state index >= 15 is 0 Å². The molecule has 2 fully saturated rings. The fourth-order valence-corrected chi connectivity index (χ4v) is 8.73. The van der Waals surface area contributed by atoms with Crippen LogP contribution in [0, 0.1) is 0 Å². The van der Waals surface area contributed by atoms with E-state index in [-0.39, 0.29) is 47.2 Å². The number of aromatic nitrogens is 6. The van der Waals surface area contributed by atoms with Gasteiger partial charge < -0.3 is 30.4 Å². The van der Waals surface area contributed by atoms with Crippen LogP contribution in [-0.4, -0.2) is 65.3 Å². The average molecular weight is 921 g/mol. The van der Waals surface area contributed by atoms with Crippen molar-refractivity contribution in [2.45, 2.75) is 167 Å². The van der Waals surface area contributed by atoms with Gasteiger partial charge >= 0.3 is 11.9 Å². The van der Waals surface area contributed by atoms with Gasteiger partial charge in [-0.2, -0.15) is 0 Å². The van der Waals surface area contributed by atoms with Crippen LogP contribution < -0.4 is 20.9 Å². The molecule has 0 unspecified atom stereocenters. The minimum atomic E-state index is -0.526. The molecule has 0 radical (unpaired) electrons. The van der Waals surface area contributed by atoms with E-state index in [1.165, 1.54) is 0 Å². The number of hydrogen-bond acceptors (Lipinski definition) is 14. The SMILES string of the molecule is CC[C@@](C)(N)c1cnc(OC2(C)CC2)c2cnc(Cc3ccc4c(n3)[C@@H](C)[C@H](C)OC4=O)cc12.CC[C@](C)(N)c1cnc(OC2(C)CC2)c2cnc(Cc3ccc4c(n3)[C@@H](C)[C@H](C)OC4=O)cc12. The van der Waals surface area contributed by atoms with Gasteiger partial charge in [-0.1, -0.05) is 27.7 Å². The minimum absolute atomic E-state index is 0.0425. The first kappa shape index (κ1) is 47.0. The van der Waals surface area contributed by atoms with Gasteiger partial charge in [0.05, 0.1) is 33.3 Å². The first-order valence-electron chi connectivity index (χ1n) is 24.1. The molecular formula is C54H64N8O6. The van der Waals surface area contributed by atoms with Gasteiger partial charge in [0.25, 0.3) is 0 Å². The Hall–Kier alpha value is -6.12. The van der Waals surface area contributed by atoms with Crippen molar-refractivity contribution in [2.24, 2.45) is 11.5 Å². The van der Waals surface area contributed by atoms with E-state index in [0.717, 1.165) is 105 Å². The minimum Gasteiger partial charge on any atom is -0.471 e. The van der Waals surface area contributed by atoms with Crippen LogP contribution >= 0.6 is 0 Å². The van der Waals surface area contributed by atoms with Crippen molar-refractivity contribution < 1.29 is 28.5 Å². The lowest BCUT2D eigenvalue weighted by atomic mass is 9.88. The molecule has 14 heteroatoms. The van der Waals surface area contributed by atoms with Crippen molar-refractivity contribution in [1.82, 2.24) is 29.9 Å². The molecule has 10 rings (SSSR count). The van der Waals surface area contributed by atoms with E-state index < -0.39 is 11.1 Å². The number of nitrogens with zero attached hydrogens (tertiary/aromatic N) is 6. The van der Waals surface area contributed by atoms with Crippen LogP contribution in [0.3, 0.4) is 0 Å². The van der Waals surface area contributed by atoms with Crippen LogP contribution in [0.25, 0.3) is 21.5 Å². The van der Waals surface area contributed by atoms with Crippen LogP contribution in [0.1, 0.15) is 186 Å². The molecule has 68 heavy (non-hydrogen) atoms. The summed E-state index contributed by atoms with van der Waals surface area (Å²) in [7, 11) is 0. The summed E-state index contributed by atoms with van der Waals surface area (Å²) in [6, 6.07) is 11.5. The number of nitrogens with two attached hydrogens (primary N) is 2. The Morgan fingerprint density at radius 2 is 0.971 bits per heavy atom. The van der Waals surface area contributed by atoms with Gasteiger partial charge in [0.1, 0.15) is 23.4 Å². The number of ether oxygens (including phenoxy) is 4. The second-order valence-corrected chi connectivity index (χ2v) is 20.7. The summed E-state index contributed by atoms with van der Waals surface area (Å²) in [4.78, 5) is 52.9. The fraction of sp³-hybridized carbons (Fsp3) is 0.481. The fourth-order valence-electron chi connectivity index (χ4n) is 8.73. The number of hydrogen-bond donors (Lipinski definition) is 2. The van der Waals surface area contributed by atoms with E-state index in [2.05, 4.69) is 49.8 Å². The average Bonchev–Trinajstić information content (AvgIpc) is 4.24. The Morgan fingerprint density at radius 1 is 0.588 bits per heavy atom. The quantitative estimate of drug-likeness (QED) is 0.110. The molecule has 4 aliphatic rings. The van der Waals surface area contributed by atoms with Crippen molar-refractivity contribution in [1.29, 1.82) is 0 Å². The Balaban J connectivity index is 0.000000170. The smallest absolute Gasteiger partial charge is 0.340 e. The predicted molar refractivity (Wildman–Crippen MR) is 260 cm³/mol. The zero-order valence-corrected chi connectivity index (χ0v) is 41.0. The maximum Gasteiger partial charge on any atom is 0.340 e. The van der Waals surface area contributed by atoms with Gasteiger partial charge in [-0.25, -0.2) is 19.6 Å². The molecular weight excluding hydrogens is 857 g/mol. The molecule has 0 bridgehead atoms. The molecule has 0 spiro atoms. The van der Waals surface area contributed by atoms with E-state index in [9.17, 15) is 9.59 Å². The molecule has 6 atom stereocenters. The molecule has 14 nitrogen and oxygen atoms in total. The summed E-state index contributed by atoms with van der Waals surface area (Å²) in [5, 5.41) is 3.77. The molecule has 0 aromatic carbocycles. The number of carbonyl (C=O) groups is 2. The topological polar surface area (TPSA) is 200 Å². The number of cyclic esters (lactones) is 2. The molecule has 8 heterocycles. The van der Waals surface area contributed by atoms with E-state index in [0.29, 0.717) is 35.7 Å².